The number of hydrogen-bond donors (Lipinski definition) is 2. The monoisotopic (exact) mass is 526 g/mol. The first-order valence-corrected chi connectivity index (χ1v) is 11.4. The summed E-state index contributed by atoms with van der Waals surface area (Å²) in [6.07, 6.45) is 0.334. The number of carbonyl (C=O) groups excluding carboxylic acids is 2. The van der Waals surface area contributed by atoms with Crippen LogP contribution in [-0.2, 0) is 9.53 Å². The summed E-state index contributed by atoms with van der Waals surface area (Å²) in [4.78, 5) is 28.4. The lowest BCUT2D eigenvalue weighted by atomic mass is 10.0. The van der Waals surface area contributed by atoms with Crippen LogP contribution in [0.1, 0.15) is 6.92 Å². The normalized spacial score (nSPS) is 14.6. The molecule has 1 saturated heterocycles. The topological polar surface area (TPSA) is 97.5 Å². The molecule has 196 valence electrons. The number of fused-ring (bicyclic) bond motifs is 1. The molecule has 11 heteroatoms. The van der Waals surface area contributed by atoms with Crippen molar-refractivity contribution < 1.29 is 31.9 Å². The third kappa shape index (κ3) is 6.17. The number of carbonyl (C=O) groups is 2. The maximum absolute atomic E-state index is 14.8. The standard InChI is InChI=1S/C21H17F2N3O3.C6H5F2N/c1-12(27)25-10-16-11-26(21(28)29-16)15-8-17(22)20(18(23)9-15)14-4-5-19-13(7-14)3-2-6-24-19;7-4-1-5(8)3-6(9)2-4/h2-9,16H,10-11H2,1H3,(H,25,27);1-3H,9H2. The fraction of sp³-hybridized carbons (Fsp3) is 0.148. The average molecular weight is 526 g/mol. The van der Waals surface area contributed by atoms with Crippen molar-refractivity contribution in [3.05, 3.63) is 90.1 Å². The number of nitrogens with zero attached hydrogens (tertiary/aromatic N) is 2. The van der Waals surface area contributed by atoms with Crippen molar-refractivity contribution in [2.45, 2.75) is 13.0 Å². The lowest BCUT2D eigenvalue weighted by Gasteiger charge is -2.15. The summed E-state index contributed by atoms with van der Waals surface area (Å²) in [5, 5.41) is 3.31. The van der Waals surface area contributed by atoms with Gasteiger partial charge < -0.3 is 15.8 Å². The Morgan fingerprint density at radius 1 is 1.05 bits per heavy atom. The number of nitrogen functional groups attached to an aromatic ring is 1. The summed E-state index contributed by atoms with van der Waals surface area (Å²) in [7, 11) is 0. The number of benzene rings is 3. The molecule has 38 heavy (non-hydrogen) atoms. The van der Waals surface area contributed by atoms with Gasteiger partial charge in [-0.2, -0.15) is 0 Å². The zero-order chi connectivity index (χ0) is 27.4. The van der Waals surface area contributed by atoms with Crippen LogP contribution in [0.25, 0.3) is 22.0 Å². The Morgan fingerprint density at radius 2 is 1.74 bits per heavy atom. The van der Waals surface area contributed by atoms with Gasteiger partial charge in [-0.05, 0) is 48.0 Å². The van der Waals surface area contributed by atoms with E-state index >= 15 is 0 Å². The molecule has 1 aliphatic heterocycles. The number of aromatic nitrogens is 1. The molecule has 0 saturated carbocycles. The molecule has 4 aromatic rings. The molecule has 0 spiro atoms. The molecule has 1 aromatic heterocycles. The van der Waals surface area contributed by atoms with Crippen molar-refractivity contribution in [2.75, 3.05) is 23.7 Å². The lowest BCUT2D eigenvalue weighted by Crippen LogP contribution is -2.33. The number of pyridine rings is 1. The van der Waals surface area contributed by atoms with E-state index < -0.39 is 35.5 Å². The largest absolute Gasteiger partial charge is 0.442 e. The SMILES string of the molecule is CC(=O)NCC1CN(c2cc(F)c(-c3ccc4ncccc4c3)c(F)c2)C(=O)O1.Nc1cc(F)cc(F)c1. The van der Waals surface area contributed by atoms with E-state index in [1.165, 1.54) is 6.92 Å². The minimum Gasteiger partial charge on any atom is -0.442 e. The minimum absolute atomic E-state index is 0.0570. The Bertz CT molecular complexity index is 1440. The van der Waals surface area contributed by atoms with Gasteiger partial charge in [0, 0.05) is 30.3 Å². The number of halogens is 4. The van der Waals surface area contributed by atoms with E-state index in [2.05, 4.69) is 10.3 Å². The lowest BCUT2D eigenvalue weighted by molar-refractivity contribution is -0.119. The zero-order valence-corrected chi connectivity index (χ0v) is 20.1. The Morgan fingerprint density at radius 3 is 2.37 bits per heavy atom. The molecule has 5 rings (SSSR count). The van der Waals surface area contributed by atoms with Crippen LogP contribution in [0.15, 0.2) is 66.9 Å². The van der Waals surface area contributed by atoms with Crippen LogP contribution in [-0.4, -0.2) is 36.2 Å². The van der Waals surface area contributed by atoms with Crippen LogP contribution in [0, 0.1) is 23.3 Å². The van der Waals surface area contributed by atoms with Gasteiger partial charge in [0.15, 0.2) is 0 Å². The average Bonchev–Trinajstić information content (AvgIpc) is 3.22. The van der Waals surface area contributed by atoms with Crippen LogP contribution in [0.5, 0.6) is 0 Å². The number of amides is 2. The molecule has 3 aromatic carbocycles. The van der Waals surface area contributed by atoms with Crippen molar-refractivity contribution in [1.29, 1.82) is 0 Å². The second-order valence-electron chi connectivity index (χ2n) is 8.45. The molecule has 3 N–H and O–H groups in total. The van der Waals surface area contributed by atoms with Gasteiger partial charge in [0.25, 0.3) is 0 Å². The van der Waals surface area contributed by atoms with E-state index in [0.29, 0.717) is 5.56 Å². The highest BCUT2D eigenvalue weighted by Gasteiger charge is 2.33. The molecule has 1 fully saturated rings. The summed E-state index contributed by atoms with van der Waals surface area (Å²) in [6, 6.07) is 13.6. The molecule has 2 amide bonds. The maximum Gasteiger partial charge on any atom is 0.414 e. The van der Waals surface area contributed by atoms with Gasteiger partial charge in [-0.15, -0.1) is 0 Å². The Hall–Kier alpha value is -4.67. The van der Waals surface area contributed by atoms with Gasteiger partial charge in [0.2, 0.25) is 5.91 Å². The number of nitrogens with one attached hydrogen (secondary N) is 1. The molecule has 0 aliphatic carbocycles. The Kier molecular flexibility index (Phi) is 7.75. The van der Waals surface area contributed by atoms with Gasteiger partial charge in [0.1, 0.15) is 29.4 Å². The Balaban J connectivity index is 0.000000317. The molecule has 1 aliphatic rings. The summed E-state index contributed by atoms with van der Waals surface area (Å²) >= 11 is 0. The number of nitrogens with two attached hydrogens (primary N) is 1. The second-order valence-corrected chi connectivity index (χ2v) is 8.45. The number of ether oxygens (including phenoxy) is 1. The first kappa shape index (κ1) is 26.4. The number of rotatable bonds is 4. The Labute approximate surface area is 214 Å². The third-order valence-electron chi connectivity index (χ3n) is 5.57. The van der Waals surface area contributed by atoms with Gasteiger partial charge in [-0.1, -0.05) is 12.1 Å². The quantitative estimate of drug-likeness (QED) is 0.282. The highest BCUT2D eigenvalue weighted by atomic mass is 19.1. The summed E-state index contributed by atoms with van der Waals surface area (Å²) < 4.78 is 59.0. The highest BCUT2D eigenvalue weighted by molar-refractivity contribution is 5.91. The van der Waals surface area contributed by atoms with E-state index in [1.54, 1.807) is 30.5 Å². The van der Waals surface area contributed by atoms with Crippen molar-refractivity contribution in [3.8, 4) is 11.1 Å². The van der Waals surface area contributed by atoms with E-state index in [9.17, 15) is 27.2 Å². The number of anilines is 2. The van der Waals surface area contributed by atoms with E-state index in [1.807, 2.05) is 6.07 Å². The van der Waals surface area contributed by atoms with Gasteiger partial charge >= 0.3 is 6.09 Å². The fourth-order valence-corrected chi connectivity index (χ4v) is 3.89. The van der Waals surface area contributed by atoms with Gasteiger partial charge in [-0.25, -0.2) is 22.4 Å². The van der Waals surface area contributed by atoms with Crippen molar-refractivity contribution in [3.63, 3.8) is 0 Å². The van der Waals surface area contributed by atoms with E-state index in [0.717, 1.165) is 46.1 Å². The molecule has 0 radical (unpaired) electrons. The van der Waals surface area contributed by atoms with Crippen LogP contribution in [0.4, 0.5) is 33.7 Å². The molecular formula is C27H22F4N4O3. The first-order chi connectivity index (χ1) is 18.1. The predicted molar refractivity (Wildman–Crippen MR) is 134 cm³/mol. The van der Waals surface area contributed by atoms with Crippen molar-refractivity contribution in [2.24, 2.45) is 0 Å². The first-order valence-electron chi connectivity index (χ1n) is 11.4. The maximum atomic E-state index is 14.8. The van der Waals surface area contributed by atoms with Crippen LogP contribution >= 0.6 is 0 Å². The summed E-state index contributed by atoms with van der Waals surface area (Å²) in [5.74, 6) is -3.13. The minimum atomic E-state index is -0.790. The summed E-state index contributed by atoms with van der Waals surface area (Å²) in [5.41, 5.74) is 6.16. The molecule has 1 atom stereocenters. The van der Waals surface area contributed by atoms with E-state index in [-0.39, 0.29) is 35.9 Å². The van der Waals surface area contributed by atoms with Crippen LogP contribution in [0.2, 0.25) is 0 Å². The number of hydrogen-bond acceptors (Lipinski definition) is 5. The second kappa shape index (κ2) is 11.2. The van der Waals surface area contributed by atoms with Gasteiger partial charge in [-0.3, -0.25) is 14.7 Å². The molecule has 7 nitrogen and oxygen atoms in total. The molecule has 0 bridgehead atoms. The molecule has 2 heterocycles. The molecule has 1 unspecified atom stereocenters. The third-order valence-corrected chi connectivity index (χ3v) is 5.57. The number of cyclic esters (lactones) is 1. The van der Waals surface area contributed by atoms with Crippen LogP contribution < -0.4 is 16.0 Å². The fourth-order valence-electron chi connectivity index (χ4n) is 3.89. The predicted octanol–water partition coefficient (Wildman–Crippen LogP) is 5.19. The smallest absolute Gasteiger partial charge is 0.414 e. The highest BCUT2D eigenvalue weighted by Crippen LogP contribution is 2.33. The van der Waals surface area contributed by atoms with Crippen molar-refractivity contribution in [1.82, 2.24) is 10.3 Å². The van der Waals surface area contributed by atoms with Crippen molar-refractivity contribution >= 4 is 34.3 Å². The van der Waals surface area contributed by atoms with E-state index in [4.69, 9.17) is 10.5 Å². The summed E-state index contributed by atoms with van der Waals surface area (Å²) in [6.45, 7) is 1.56. The van der Waals surface area contributed by atoms with Crippen LogP contribution in [0.3, 0.4) is 0 Å². The zero-order valence-electron chi connectivity index (χ0n) is 20.1. The van der Waals surface area contributed by atoms with Gasteiger partial charge in [0.05, 0.1) is 29.9 Å². The molecular weight excluding hydrogens is 504 g/mol.